The molecule has 0 bridgehead atoms. The maximum atomic E-state index is 12.0. The maximum Gasteiger partial charge on any atom is 0.224 e. The second kappa shape index (κ2) is 8.08. The Morgan fingerprint density at radius 2 is 2.10 bits per heavy atom. The summed E-state index contributed by atoms with van der Waals surface area (Å²) in [6.07, 6.45) is 3.53. The van der Waals surface area contributed by atoms with Gasteiger partial charge >= 0.3 is 0 Å². The summed E-state index contributed by atoms with van der Waals surface area (Å²) in [4.78, 5) is 12.0. The number of hydrogen-bond donors (Lipinski definition) is 2. The average Bonchev–Trinajstić information content (AvgIpc) is 2.80. The molecular weight excluding hydrogens is 319 g/mol. The van der Waals surface area contributed by atoms with Crippen LogP contribution in [0.1, 0.15) is 24.8 Å². The highest BCUT2D eigenvalue weighted by Gasteiger charge is 2.27. The molecule has 3 N–H and O–H groups in total. The fourth-order valence-corrected chi connectivity index (χ4v) is 3.08. The van der Waals surface area contributed by atoms with Crippen LogP contribution in [0.4, 0.5) is 0 Å². The first-order valence-corrected chi connectivity index (χ1v) is 7.29. The lowest BCUT2D eigenvalue weighted by molar-refractivity contribution is -0.121. The van der Waals surface area contributed by atoms with Crippen LogP contribution in [-0.2, 0) is 11.2 Å². The van der Waals surface area contributed by atoms with E-state index in [1.807, 2.05) is 0 Å². The van der Waals surface area contributed by atoms with Crippen molar-refractivity contribution in [3.8, 4) is 0 Å². The Balaban J connectivity index is 0.00000200. The molecule has 20 heavy (non-hydrogen) atoms. The molecule has 1 saturated carbocycles. The van der Waals surface area contributed by atoms with Crippen molar-refractivity contribution in [3.63, 3.8) is 0 Å². The van der Waals surface area contributed by atoms with Gasteiger partial charge < -0.3 is 11.1 Å². The van der Waals surface area contributed by atoms with Gasteiger partial charge in [-0.15, -0.1) is 12.4 Å². The molecule has 6 heteroatoms. The number of hydrogen-bond acceptors (Lipinski definition) is 2. The summed E-state index contributed by atoms with van der Waals surface area (Å²) in [6.45, 7) is 0.632. The molecule has 2 atom stereocenters. The smallest absolute Gasteiger partial charge is 0.224 e. The third-order valence-corrected chi connectivity index (χ3v) is 4.26. The SMILES string of the molecule is Cl.NCC1CCCC1NC(=O)Cc1ccc(Cl)cc1Cl. The van der Waals surface area contributed by atoms with E-state index in [0.29, 0.717) is 22.5 Å². The molecule has 0 saturated heterocycles. The molecule has 1 aliphatic carbocycles. The number of amides is 1. The Bertz CT molecular complexity index is 468. The first-order chi connectivity index (χ1) is 9.10. The summed E-state index contributed by atoms with van der Waals surface area (Å²) in [5, 5.41) is 4.17. The zero-order valence-corrected chi connectivity index (χ0v) is 13.4. The highest BCUT2D eigenvalue weighted by molar-refractivity contribution is 6.35. The molecule has 3 nitrogen and oxygen atoms in total. The number of carbonyl (C=O) groups excluding carboxylic acids is 1. The number of halogens is 3. The summed E-state index contributed by atoms with van der Waals surface area (Å²) in [7, 11) is 0. The molecule has 1 amide bonds. The van der Waals surface area contributed by atoms with Gasteiger partial charge in [0.25, 0.3) is 0 Å². The second-order valence-corrected chi connectivity index (χ2v) is 5.86. The molecular formula is C14H19Cl3N2O. The van der Waals surface area contributed by atoms with Crippen LogP contribution in [0.15, 0.2) is 18.2 Å². The van der Waals surface area contributed by atoms with Crippen LogP contribution in [0.25, 0.3) is 0 Å². The van der Waals surface area contributed by atoms with Crippen molar-refractivity contribution in [1.82, 2.24) is 5.32 Å². The van der Waals surface area contributed by atoms with Crippen LogP contribution in [-0.4, -0.2) is 18.5 Å². The molecule has 2 unspecified atom stereocenters. The van der Waals surface area contributed by atoms with Crippen molar-refractivity contribution in [1.29, 1.82) is 0 Å². The monoisotopic (exact) mass is 336 g/mol. The fourth-order valence-electron chi connectivity index (χ4n) is 2.60. The van der Waals surface area contributed by atoms with Crippen molar-refractivity contribution in [2.75, 3.05) is 6.54 Å². The van der Waals surface area contributed by atoms with Gasteiger partial charge in [0, 0.05) is 16.1 Å². The number of benzene rings is 1. The van der Waals surface area contributed by atoms with E-state index in [4.69, 9.17) is 28.9 Å². The molecule has 1 aliphatic rings. The maximum absolute atomic E-state index is 12.0. The quantitative estimate of drug-likeness (QED) is 0.886. The molecule has 1 aromatic rings. The third-order valence-electron chi connectivity index (χ3n) is 3.67. The van der Waals surface area contributed by atoms with Crippen LogP contribution < -0.4 is 11.1 Å². The van der Waals surface area contributed by atoms with E-state index >= 15 is 0 Å². The molecule has 0 aromatic heterocycles. The van der Waals surface area contributed by atoms with E-state index in [-0.39, 0.29) is 30.8 Å². The summed E-state index contributed by atoms with van der Waals surface area (Å²) >= 11 is 11.9. The lowest BCUT2D eigenvalue weighted by Gasteiger charge is -2.19. The van der Waals surface area contributed by atoms with Crippen molar-refractivity contribution in [2.45, 2.75) is 31.7 Å². The lowest BCUT2D eigenvalue weighted by Crippen LogP contribution is -2.40. The van der Waals surface area contributed by atoms with Gasteiger partial charge in [-0.05, 0) is 43.0 Å². The minimum absolute atomic E-state index is 0. The first-order valence-electron chi connectivity index (χ1n) is 6.53. The van der Waals surface area contributed by atoms with Crippen LogP contribution >= 0.6 is 35.6 Å². The fraction of sp³-hybridized carbons (Fsp3) is 0.500. The summed E-state index contributed by atoms with van der Waals surface area (Å²) in [5.74, 6) is 0.402. The highest BCUT2D eigenvalue weighted by atomic mass is 35.5. The van der Waals surface area contributed by atoms with Gasteiger partial charge in [0.2, 0.25) is 5.91 Å². The van der Waals surface area contributed by atoms with Crippen molar-refractivity contribution < 1.29 is 4.79 Å². The van der Waals surface area contributed by atoms with Gasteiger partial charge in [0.15, 0.2) is 0 Å². The molecule has 0 spiro atoms. The van der Waals surface area contributed by atoms with Gasteiger partial charge in [0.05, 0.1) is 6.42 Å². The topological polar surface area (TPSA) is 55.1 Å². The van der Waals surface area contributed by atoms with E-state index < -0.39 is 0 Å². The molecule has 1 fully saturated rings. The average molecular weight is 338 g/mol. The lowest BCUT2D eigenvalue weighted by atomic mass is 10.0. The van der Waals surface area contributed by atoms with E-state index in [1.165, 1.54) is 0 Å². The number of nitrogens with one attached hydrogen (secondary N) is 1. The van der Waals surface area contributed by atoms with E-state index in [2.05, 4.69) is 5.32 Å². The Morgan fingerprint density at radius 3 is 2.75 bits per heavy atom. The Morgan fingerprint density at radius 1 is 1.35 bits per heavy atom. The summed E-state index contributed by atoms with van der Waals surface area (Å²) in [6, 6.07) is 5.40. The van der Waals surface area contributed by atoms with Gasteiger partial charge in [-0.3, -0.25) is 4.79 Å². The van der Waals surface area contributed by atoms with E-state index in [1.54, 1.807) is 18.2 Å². The zero-order valence-electron chi connectivity index (χ0n) is 11.1. The predicted molar refractivity (Wildman–Crippen MR) is 85.7 cm³/mol. The standard InChI is InChI=1S/C14H18Cl2N2O.ClH/c15-11-5-4-9(12(16)7-11)6-14(19)18-13-3-1-2-10(13)8-17;/h4-5,7,10,13H,1-3,6,8,17H2,(H,18,19);1H. The number of carbonyl (C=O) groups is 1. The zero-order chi connectivity index (χ0) is 13.8. The Kier molecular flexibility index (Phi) is 7.10. The summed E-state index contributed by atoms with van der Waals surface area (Å²) in [5.41, 5.74) is 6.50. The molecule has 112 valence electrons. The van der Waals surface area contributed by atoms with E-state index in [0.717, 1.165) is 24.8 Å². The predicted octanol–water partition coefficient (Wildman–Crippen LogP) is 3.20. The summed E-state index contributed by atoms with van der Waals surface area (Å²) < 4.78 is 0. The van der Waals surface area contributed by atoms with Crippen LogP contribution in [0.3, 0.4) is 0 Å². The molecule has 2 rings (SSSR count). The van der Waals surface area contributed by atoms with Gasteiger partial charge in [-0.25, -0.2) is 0 Å². The van der Waals surface area contributed by atoms with Crippen molar-refractivity contribution >= 4 is 41.5 Å². The van der Waals surface area contributed by atoms with Crippen molar-refractivity contribution in [2.24, 2.45) is 11.7 Å². The highest BCUT2D eigenvalue weighted by Crippen LogP contribution is 2.25. The molecule has 0 radical (unpaired) electrons. The number of rotatable bonds is 4. The van der Waals surface area contributed by atoms with Gasteiger partial charge in [-0.2, -0.15) is 0 Å². The Hall–Kier alpha value is -0.480. The van der Waals surface area contributed by atoms with E-state index in [9.17, 15) is 4.79 Å². The minimum atomic E-state index is -0.00503. The second-order valence-electron chi connectivity index (χ2n) is 5.01. The van der Waals surface area contributed by atoms with Crippen LogP contribution in [0.5, 0.6) is 0 Å². The minimum Gasteiger partial charge on any atom is -0.353 e. The van der Waals surface area contributed by atoms with Crippen molar-refractivity contribution in [3.05, 3.63) is 33.8 Å². The molecule has 1 aromatic carbocycles. The third kappa shape index (κ3) is 4.52. The largest absolute Gasteiger partial charge is 0.353 e. The van der Waals surface area contributed by atoms with Gasteiger partial charge in [0.1, 0.15) is 0 Å². The van der Waals surface area contributed by atoms with Crippen LogP contribution in [0.2, 0.25) is 10.0 Å². The first kappa shape index (κ1) is 17.6. The molecule has 0 heterocycles. The van der Waals surface area contributed by atoms with Gasteiger partial charge in [-0.1, -0.05) is 35.7 Å². The van der Waals surface area contributed by atoms with Crippen LogP contribution in [0, 0.1) is 5.92 Å². The number of nitrogens with two attached hydrogens (primary N) is 1. The molecule has 0 aliphatic heterocycles. The Labute approximate surface area is 135 Å². The normalized spacial score (nSPS) is 21.4.